The van der Waals surface area contributed by atoms with Gasteiger partial charge in [0.1, 0.15) is 0 Å². The van der Waals surface area contributed by atoms with Crippen molar-refractivity contribution >= 4 is 22.8 Å². The van der Waals surface area contributed by atoms with Crippen LogP contribution < -0.4 is 5.32 Å². The summed E-state index contributed by atoms with van der Waals surface area (Å²) in [6.45, 7) is 4.49. The first kappa shape index (κ1) is 17.8. The van der Waals surface area contributed by atoms with Crippen LogP contribution in [-0.4, -0.2) is 22.4 Å². The van der Waals surface area contributed by atoms with Crippen LogP contribution in [0, 0.1) is 5.92 Å². The molecule has 0 bridgehead atoms. The van der Waals surface area contributed by atoms with E-state index in [0.29, 0.717) is 12.0 Å². The summed E-state index contributed by atoms with van der Waals surface area (Å²) in [5.41, 5.74) is 0. The van der Waals surface area contributed by atoms with Crippen LogP contribution in [-0.2, 0) is 4.79 Å². The second-order valence-electron chi connectivity index (χ2n) is 6.83. The Balaban J connectivity index is 1.86. The zero-order valence-corrected chi connectivity index (χ0v) is 15.1. The Labute approximate surface area is 140 Å². The van der Waals surface area contributed by atoms with E-state index in [4.69, 9.17) is 4.99 Å². The van der Waals surface area contributed by atoms with E-state index in [2.05, 4.69) is 19.2 Å². The predicted octanol–water partition coefficient (Wildman–Crippen LogP) is 4.90. The summed E-state index contributed by atoms with van der Waals surface area (Å²) in [4.78, 5) is 17.0. The third-order valence-corrected chi connectivity index (χ3v) is 6.11. The highest BCUT2D eigenvalue weighted by atomic mass is 32.2. The number of amides is 1. The van der Waals surface area contributed by atoms with Crippen molar-refractivity contribution in [3.63, 3.8) is 0 Å². The van der Waals surface area contributed by atoms with E-state index >= 15 is 0 Å². The molecular formula is C18H32N2OS. The Bertz CT molecular complexity index is 375. The number of nitrogens with zero attached hydrogens (tertiary/aromatic N) is 1. The van der Waals surface area contributed by atoms with Gasteiger partial charge in [0.05, 0.1) is 11.3 Å². The van der Waals surface area contributed by atoms with Crippen LogP contribution in [0.5, 0.6) is 0 Å². The van der Waals surface area contributed by atoms with Gasteiger partial charge in [-0.3, -0.25) is 9.79 Å². The molecule has 22 heavy (non-hydrogen) atoms. The molecule has 4 heteroatoms. The van der Waals surface area contributed by atoms with Crippen LogP contribution in [0.4, 0.5) is 0 Å². The SMILES string of the molecule is CCCCC(CC)C[C@H]1SC(=NC2CCCCCC2)NC1=O. The number of amidine groups is 1. The highest BCUT2D eigenvalue weighted by Gasteiger charge is 2.32. The molecule has 1 aliphatic carbocycles. The van der Waals surface area contributed by atoms with Gasteiger partial charge in [-0.2, -0.15) is 0 Å². The quantitative estimate of drug-likeness (QED) is 0.676. The third kappa shape index (κ3) is 5.60. The van der Waals surface area contributed by atoms with E-state index in [1.165, 1.54) is 64.2 Å². The van der Waals surface area contributed by atoms with Crippen molar-refractivity contribution in [2.75, 3.05) is 0 Å². The van der Waals surface area contributed by atoms with Crippen molar-refractivity contribution in [2.24, 2.45) is 10.9 Å². The standard InChI is InChI=1S/C18H32N2OS/c1-3-5-10-14(4-2)13-16-17(21)20-18(22-16)19-15-11-8-6-7-9-12-15/h14-16H,3-13H2,1-2H3,(H,19,20,21)/t14?,16-/m1/s1. The number of carbonyl (C=O) groups excluding carboxylic acids is 1. The Morgan fingerprint density at radius 3 is 2.59 bits per heavy atom. The molecule has 2 aliphatic rings. The Hall–Kier alpha value is -0.510. The maximum Gasteiger partial charge on any atom is 0.239 e. The zero-order chi connectivity index (χ0) is 15.8. The van der Waals surface area contributed by atoms with Gasteiger partial charge in [-0.1, -0.05) is 77.0 Å². The molecule has 126 valence electrons. The molecule has 2 atom stereocenters. The molecule has 0 aromatic carbocycles. The van der Waals surface area contributed by atoms with Gasteiger partial charge >= 0.3 is 0 Å². The Kier molecular flexibility index (Phi) is 7.77. The van der Waals surface area contributed by atoms with Crippen LogP contribution in [0.3, 0.4) is 0 Å². The molecule has 1 N–H and O–H groups in total. The van der Waals surface area contributed by atoms with Crippen molar-refractivity contribution in [3.05, 3.63) is 0 Å². The Morgan fingerprint density at radius 2 is 1.95 bits per heavy atom. The number of thioether (sulfide) groups is 1. The molecule has 0 radical (unpaired) electrons. The van der Waals surface area contributed by atoms with E-state index in [0.717, 1.165) is 11.6 Å². The summed E-state index contributed by atoms with van der Waals surface area (Å²) >= 11 is 1.69. The van der Waals surface area contributed by atoms with Gasteiger partial charge in [-0.25, -0.2) is 0 Å². The van der Waals surface area contributed by atoms with Crippen molar-refractivity contribution in [3.8, 4) is 0 Å². The minimum atomic E-state index is 0.0892. The van der Waals surface area contributed by atoms with Gasteiger partial charge in [0.15, 0.2) is 5.17 Å². The fourth-order valence-electron chi connectivity index (χ4n) is 3.46. The largest absolute Gasteiger partial charge is 0.304 e. The van der Waals surface area contributed by atoms with E-state index in [-0.39, 0.29) is 11.2 Å². The number of hydrogen-bond acceptors (Lipinski definition) is 3. The lowest BCUT2D eigenvalue weighted by molar-refractivity contribution is -0.119. The number of unbranched alkanes of at least 4 members (excludes halogenated alkanes) is 1. The minimum absolute atomic E-state index is 0.0892. The van der Waals surface area contributed by atoms with Crippen molar-refractivity contribution < 1.29 is 4.79 Å². The lowest BCUT2D eigenvalue weighted by Crippen LogP contribution is -2.27. The molecule has 3 nitrogen and oxygen atoms in total. The molecule has 1 aliphatic heterocycles. The van der Waals surface area contributed by atoms with Crippen molar-refractivity contribution in [1.82, 2.24) is 5.32 Å². The lowest BCUT2D eigenvalue weighted by atomic mass is 9.94. The van der Waals surface area contributed by atoms with Gasteiger partial charge in [0.2, 0.25) is 5.91 Å². The van der Waals surface area contributed by atoms with E-state index < -0.39 is 0 Å². The minimum Gasteiger partial charge on any atom is -0.304 e. The van der Waals surface area contributed by atoms with Crippen LogP contribution in [0.2, 0.25) is 0 Å². The van der Waals surface area contributed by atoms with Gasteiger partial charge in [-0.05, 0) is 25.2 Å². The lowest BCUT2D eigenvalue weighted by Gasteiger charge is -2.16. The fraction of sp³-hybridized carbons (Fsp3) is 0.889. The first-order chi connectivity index (χ1) is 10.7. The van der Waals surface area contributed by atoms with E-state index in [1.807, 2.05) is 0 Å². The van der Waals surface area contributed by atoms with Crippen LogP contribution in [0.15, 0.2) is 4.99 Å². The molecule has 0 aromatic heterocycles. The molecule has 0 aromatic rings. The summed E-state index contributed by atoms with van der Waals surface area (Å²) < 4.78 is 0. The molecule has 1 unspecified atom stereocenters. The van der Waals surface area contributed by atoms with Crippen molar-refractivity contribution in [1.29, 1.82) is 0 Å². The highest BCUT2D eigenvalue weighted by Crippen LogP contribution is 2.30. The van der Waals surface area contributed by atoms with E-state index in [1.54, 1.807) is 11.8 Å². The van der Waals surface area contributed by atoms with Crippen molar-refractivity contribution in [2.45, 2.75) is 95.8 Å². The summed E-state index contributed by atoms with van der Waals surface area (Å²) in [6.07, 6.45) is 13.6. The average molecular weight is 325 g/mol. The maximum absolute atomic E-state index is 12.2. The molecule has 0 spiro atoms. The molecule has 2 rings (SSSR count). The normalized spacial score (nSPS) is 26.9. The highest BCUT2D eigenvalue weighted by molar-refractivity contribution is 8.15. The molecule has 1 amide bonds. The summed E-state index contributed by atoms with van der Waals surface area (Å²) in [5, 5.41) is 4.02. The third-order valence-electron chi connectivity index (χ3n) is 4.99. The molecule has 1 saturated carbocycles. The second-order valence-corrected chi connectivity index (χ2v) is 8.02. The van der Waals surface area contributed by atoms with E-state index in [9.17, 15) is 4.79 Å². The molecular weight excluding hydrogens is 292 g/mol. The zero-order valence-electron chi connectivity index (χ0n) is 14.3. The summed E-state index contributed by atoms with van der Waals surface area (Å²) in [6, 6.07) is 0.436. The van der Waals surface area contributed by atoms with Crippen LogP contribution >= 0.6 is 11.8 Å². The molecule has 1 heterocycles. The van der Waals surface area contributed by atoms with Gasteiger partial charge < -0.3 is 5.32 Å². The Morgan fingerprint density at radius 1 is 1.23 bits per heavy atom. The van der Waals surface area contributed by atoms with Crippen LogP contribution in [0.1, 0.15) is 84.5 Å². The smallest absolute Gasteiger partial charge is 0.239 e. The second kappa shape index (κ2) is 9.59. The maximum atomic E-state index is 12.2. The number of carbonyl (C=O) groups is 1. The van der Waals surface area contributed by atoms with Gasteiger partial charge in [-0.15, -0.1) is 0 Å². The fourth-order valence-corrected chi connectivity index (χ4v) is 4.63. The number of aliphatic imine (C=N–C) groups is 1. The topological polar surface area (TPSA) is 41.5 Å². The average Bonchev–Trinajstić information content (AvgIpc) is 2.71. The summed E-state index contributed by atoms with van der Waals surface area (Å²) in [5.74, 6) is 0.868. The monoisotopic (exact) mass is 324 g/mol. The summed E-state index contributed by atoms with van der Waals surface area (Å²) in [7, 11) is 0. The first-order valence-electron chi connectivity index (χ1n) is 9.28. The number of nitrogens with one attached hydrogen (secondary N) is 1. The molecule has 2 fully saturated rings. The van der Waals surface area contributed by atoms with Gasteiger partial charge in [0.25, 0.3) is 0 Å². The molecule has 1 saturated heterocycles. The van der Waals surface area contributed by atoms with Gasteiger partial charge in [0, 0.05) is 0 Å². The number of hydrogen-bond donors (Lipinski definition) is 1. The first-order valence-corrected chi connectivity index (χ1v) is 10.2. The number of rotatable bonds is 7. The van der Waals surface area contributed by atoms with Crippen LogP contribution in [0.25, 0.3) is 0 Å². The predicted molar refractivity (Wildman–Crippen MR) is 96.4 cm³/mol.